The molecule has 1 amide bonds. The lowest BCUT2D eigenvalue weighted by molar-refractivity contribution is -0.121. The topological polar surface area (TPSA) is 66.5 Å². The molecule has 0 saturated carbocycles. The van der Waals surface area contributed by atoms with E-state index in [-0.39, 0.29) is 18.9 Å². The average molecular weight is 360 g/mol. The normalized spacial score (nSPS) is 11.2. The fraction of sp³-hybridized carbons (Fsp3) is 0.316. The van der Waals surface area contributed by atoms with Crippen molar-refractivity contribution < 1.29 is 13.2 Å². The van der Waals surface area contributed by atoms with Gasteiger partial charge in [0.15, 0.2) is 0 Å². The zero-order valence-corrected chi connectivity index (χ0v) is 15.6. The number of nitrogens with zero attached hydrogens (tertiary/aromatic N) is 1. The third-order valence-corrected chi connectivity index (χ3v) is 5.09. The molecule has 1 N–H and O–H groups in total. The molecule has 0 atom stereocenters. The smallest absolute Gasteiger partial charge is 0.232 e. The molecular weight excluding hydrogens is 336 g/mol. The first-order valence-electron chi connectivity index (χ1n) is 8.13. The van der Waals surface area contributed by atoms with Crippen LogP contribution in [0.25, 0.3) is 0 Å². The number of rotatable bonds is 7. The second-order valence-electron chi connectivity index (χ2n) is 6.14. The van der Waals surface area contributed by atoms with Crippen LogP contribution in [0, 0.1) is 13.8 Å². The summed E-state index contributed by atoms with van der Waals surface area (Å²) in [6, 6.07) is 15.3. The first kappa shape index (κ1) is 19.0. The number of anilines is 1. The Kier molecular flexibility index (Phi) is 6.20. The molecule has 0 spiro atoms. The Hall–Kier alpha value is -2.34. The molecule has 0 bridgehead atoms. The minimum Gasteiger partial charge on any atom is -0.352 e. The standard InChI is InChI=1S/C19H24N2O3S/c1-15-9-10-16(2)18(13-15)21(25(3,23)24)12-11-19(22)20-14-17-7-5-4-6-8-17/h4-10,13H,11-12,14H2,1-3H3,(H,20,22). The van der Waals surface area contributed by atoms with Crippen LogP contribution in [0.2, 0.25) is 0 Å². The zero-order chi connectivity index (χ0) is 18.4. The summed E-state index contributed by atoms with van der Waals surface area (Å²) in [5.41, 5.74) is 3.47. The lowest BCUT2D eigenvalue weighted by Crippen LogP contribution is -2.35. The molecule has 0 fully saturated rings. The number of benzene rings is 2. The van der Waals surface area contributed by atoms with E-state index in [0.717, 1.165) is 22.9 Å². The summed E-state index contributed by atoms with van der Waals surface area (Å²) in [6.45, 7) is 4.32. The number of amides is 1. The number of carbonyl (C=O) groups is 1. The maximum absolute atomic E-state index is 12.2. The van der Waals surface area contributed by atoms with Crippen molar-refractivity contribution >= 4 is 21.6 Å². The van der Waals surface area contributed by atoms with Gasteiger partial charge in [-0.25, -0.2) is 8.42 Å². The molecule has 2 aromatic rings. The van der Waals surface area contributed by atoms with E-state index >= 15 is 0 Å². The second-order valence-corrected chi connectivity index (χ2v) is 8.04. The van der Waals surface area contributed by atoms with Crippen molar-refractivity contribution in [3.8, 4) is 0 Å². The molecule has 0 aliphatic rings. The summed E-state index contributed by atoms with van der Waals surface area (Å²) in [5.74, 6) is -0.178. The highest BCUT2D eigenvalue weighted by Crippen LogP contribution is 2.24. The molecule has 0 heterocycles. The summed E-state index contributed by atoms with van der Waals surface area (Å²) in [4.78, 5) is 12.1. The highest BCUT2D eigenvalue weighted by molar-refractivity contribution is 7.92. The van der Waals surface area contributed by atoms with Crippen LogP contribution < -0.4 is 9.62 Å². The molecule has 0 radical (unpaired) electrons. The van der Waals surface area contributed by atoms with Gasteiger partial charge >= 0.3 is 0 Å². The van der Waals surface area contributed by atoms with Gasteiger partial charge in [0, 0.05) is 19.5 Å². The van der Waals surface area contributed by atoms with Gasteiger partial charge in [0.05, 0.1) is 11.9 Å². The summed E-state index contributed by atoms with van der Waals surface area (Å²) in [5, 5.41) is 2.82. The number of sulfonamides is 1. The summed E-state index contributed by atoms with van der Waals surface area (Å²) < 4.78 is 25.7. The van der Waals surface area contributed by atoms with E-state index in [1.807, 2.05) is 62.4 Å². The molecule has 2 rings (SSSR count). The van der Waals surface area contributed by atoms with Crippen molar-refractivity contribution in [1.29, 1.82) is 0 Å². The summed E-state index contributed by atoms with van der Waals surface area (Å²) in [7, 11) is -3.47. The van der Waals surface area contributed by atoms with Gasteiger partial charge in [0.25, 0.3) is 0 Å². The Bertz CT molecular complexity index is 833. The Morgan fingerprint density at radius 1 is 1.08 bits per heavy atom. The molecule has 0 aliphatic heterocycles. The molecule has 0 aliphatic carbocycles. The van der Waals surface area contributed by atoms with E-state index in [4.69, 9.17) is 0 Å². The number of hydrogen-bond donors (Lipinski definition) is 1. The quantitative estimate of drug-likeness (QED) is 0.826. The number of nitrogens with one attached hydrogen (secondary N) is 1. The maximum Gasteiger partial charge on any atom is 0.232 e. The monoisotopic (exact) mass is 360 g/mol. The van der Waals surface area contributed by atoms with Gasteiger partial charge in [-0.3, -0.25) is 9.10 Å². The van der Waals surface area contributed by atoms with Crippen LogP contribution in [0.5, 0.6) is 0 Å². The van der Waals surface area contributed by atoms with Gasteiger partial charge in [-0.05, 0) is 36.6 Å². The highest BCUT2D eigenvalue weighted by atomic mass is 32.2. The number of hydrogen-bond acceptors (Lipinski definition) is 3. The largest absolute Gasteiger partial charge is 0.352 e. The summed E-state index contributed by atoms with van der Waals surface area (Å²) >= 11 is 0. The van der Waals surface area contributed by atoms with Crippen LogP contribution in [0.4, 0.5) is 5.69 Å². The van der Waals surface area contributed by atoms with Crippen molar-refractivity contribution in [3.05, 3.63) is 65.2 Å². The Labute approximate surface area is 149 Å². The molecule has 0 unspecified atom stereocenters. The SMILES string of the molecule is Cc1ccc(C)c(N(CCC(=O)NCc2ccccc2)S(C)(=O)=O)c1. The van der Waals surface area contributed by atoms with Crippen LogP contribution in [-0.2, 0) is 21.4 Å². The third-order valence-electron chi connectivity index (χ3n) is 3.91. The molecule has 0 aromatic heterocycles. The average Bonchev–Trinajstić information content (AvgIpc) is 2.56. The van der Waals surface area contributed by atoms with Crippen molar-refractivity contribution in [2.45, 2.75) is 26.8 Å². The Morgan fingerprint density at radius 3 is 2.40 bits per heavy atom. The van der Waals surface area contributed by atoms with Crippen LogP contribution in [0.3, 0.4) is 0 Å². The van der Waals surface area contributed by atoms with Crippen LogP contribution >= 0.6 is 0 Å². The molecule has 0 saturated heterocycles. The maximum atomic E-state index is 12.2. The minimum absolute atomic E-state index is 0.104. The van der Waals surface area contributed by atoms with Crippen LogP contribution in [-0.4, -0.2) is 27.1 Å². The number of carbonyl (C=O) groups excluding carboxylic acids is 1. The molecule has 25 heavy (non-hydrogen) atoms. The predicted molar refractivity (Wildman–Crippen MR) is 101 cm³/mol. The van der Waals surface area contributed by atoms with E-state index < -0.39 is 10.0 Å². The highest BCUT2D eigenvalue weighted by Gasteiger charge is 2.20. The fourth-order valence-electron chi connectivity index (χ4n) is 2.54. The van der Waals surface area contributed by atoms with Crippen molar-refractivity contribution in [3.63, 3.8) is 0 Å². The van der Waals surface area contributed by atoms with Crippen molar-refractivity contribution in [2.24, 2.45) is 0 Å². The van der Waals surface area contributed by atoms with Gasteiger partial charge in [-0.15, -0.1) is 0 Å². The van der Waals surface area contributed by atoms with Crippen molar-refractivity contribution in [2.75, 3.05) is 17.1 Å². The zero-order valence-electron chi connectivity index (χ0n) is 14.8. The lowest BCUT2D eigenvalue weighted by atomic mass is 10.1. The first-order valence-corrected chi connectivity index (χ1v) is 9.98. The lowest BCUT2D eigenvalue weighted by Gasteiger charge is -2.24. The van der Waals surface area contributed by atoms with E-state index in [0.29, 0.717) is 12.2 Å². The van der Waals surface area contributed by atoms with E-state index in [1.165, 1.54) is 4.31 Å². The van der Waals surface area contributed by atoms with Crippen LogP contribution in [0.15, 0.2) is 48.5 Å². The van der Waals surface area contributed by atoms with Gasteiger partial charge in [-0.1, -0.05) is 42.5 Å². The Balaban J connectivity index is 2.03. The number of aryl methyl sites for hydroxylation is 2. The van der Waals surface area contributed by atoms with Crippen molar-refractivity contribution in [1.82, 2.24) is 5.32 Å². The fourth-order valence-corrected chi connectivity index (χ4v) is 3.52. The van der Waals surface area contributed by atoms with Gasteiger partial charge < -0.3 is 5.32 Å². The third kappa shape index (κ3) is 5.60. The molecule has 5 nitrogen and oxygen atoms in total. The Morgan fingerprint density at radius 2 is 1.76 bits per heavy atom. The van der Waals surface area contributed by atoms with Gasteiger partial charge in [-0.2, -0.15) is 0 Å². The first-order chi connectivity index (χ1) is 11.8. The van der Waals surface area contributed by atoms with Gasteiger partial charge in [0.2, 0.25) is 15.9 Å². The minimum atomic E-state index is -3.47. The van der Waals surface area contributed by atoms with E-state index in [2.05, 4.69) is 5.32 Å². The molecule has 2 aromatic carbocycles. The summed E-state index contributed by atoms with van der Waals surface area (Å²) in [6.07, 6.45) is 1.27. The van der Waals surface area contributed by atoms with Gasteiger partial charge in [0.1, 0.15) is 0 Å². The predicted octanol–water partition coefficient (Wildman–Crippen LogP) is 2.78. The second kappa shape index (κ2) is 8.16. The van der Waals surface area contributed by atoms with Crippen LogP contribution in [0.1, 0.15) is 23.1 Å². The molecular formula is C19H24N2O3S. The molecule has 134 valence electrons. The van der Waals surface area contributed by atoms with E-state index in [1.54, 1.807) is 0 Å². The molecule has 6 heteroatoms. The van der Waals surface area contributed by atoms with E-state index in [9.17, 15) is 13.2 Å².